The standard InChI is InChI=1S/C16H23NO5/c1-6-9-10-11(8(4)18)16(5,21)13(12(10)17-14(9)19)22-15(20)7(2)3/h6-7,10-13,21H,1-5H3,(H,17,19)/b9-6+/t10-,11+,12+,13+,16-/m1/s1. The topological polar surface area (TPSA) is 92.7 Å². The average molecular weight is 309 g/mol. The fourth-order valence-electron chi connectivity index (χ4n) is 3.67. The predicted molar refractivity (Wildman–Crippen MR) is 78.7 cm³/mol. The summed E-state index contributed by atoms with van der Waals surface area (Å²) in [4.78, 5) is 36.1. The summed E-state index contributed by atoms with van der Waals surface area (Å²) in [6.45, 7) is 7.98. The van der Waals surface area contributed by atoms with E-state index in [1.165, 1.54) is 13.8 Å². The Balaban J connectivity index is 2.45. The van der Waals surface area contributed by atoms with Crippen LogP contribution in [0.5, 0.6) is 0 Å². The van der Waals surface area contributed by atoms with Crippen molar-refractivity contribution in [3.05, 3.63) is 11.6 Å². The van der Waals surface area contributed by atoms with Gasteiger partial charge in [0.2, 0.25) is 5.91 Å². The summed E-state index contributed by atoms with van der Waals surface area (Å²) in [5, 5.41) is 13.6. The smallest absolute Gasteiger partial charge is 0.308 e. The van der Waals surface area contributed by atoms with Crippen molar-refractivity contribution < 1.29 is 24.2 Å². The number of allylic oxidation sites excluding steroid dienone is 1. The Kier molecular flexibility index (Phi) is 4.17. The van der Waals surface area contributed by atoms with Gasteiger partial charge in [0, 0.05) is 11.5 Å². The molecule has 0 aromatic heterocycles. The van der Waals surface area contributed by atoms with E-state index in [4.69, 9.17) is 4.74 Å². The summed E-state index contributed by atoms with van der Waals surface area (Å²) in [5.74, 6) is -2.58. The molecule has 22 heavy (non-hydrogen) atoms. The Morgan fingerprint density at radius 3 is 2.45 bits per heavy atom. The van der Waals surface area contributed by atoms with Crippen LogP contribution in [0.4, 0.5) is 0 Å². The molecule has 6 heteroatoms. The number of carbonyl (C=O) groups is 3. The minimum atomic E-state index is -1.52. The first kappa shape index (κ1) is 16.7. The van der Waals surface area contributed by atoms with E-state index in [1.807, 2.05) is 0 Å². The van der Waals surface area contributed by atoms with Crippen molar-refractivity contribution in [3.63, 3.8) is 0 Å². The number of rotatable bonds is 3. The van der Waals surface area contributed by atoms with Gasteiger partial charge >= 0.3 is 5.97 Å². The molecule has 0 aromatic carbocycles. The molecule has 0 unspecified atom stereocenters. The fraction of sp³-hybridized carbons (Fsp3) is 0.688. The number of hydrogen-bond acceptors (Lipinski definition) is 5. The van der Waals surface area contributed by atoms with Gasteiger partial charge in [-0.1, -0.05) is 19.9 Å². The van der Waals surface area contributed by atoms with Crippen molar-refractivity contribution >= 4 is 17.7 Å². The SMILES string of the molecule is C/C=C1/C(=O)N[C@H]2[C@H]1[C@H](C(C)=O)[C@@](C)(O)[C@H]2OC(=O)C(C)C. The van der Waals surface area contributed by atoms with Crippen molar-refractivity contribution in [1.82, 2.24) is 5.32 Å². The molecule has 0 spiro atoms. The maximum Gasteiger partial charge on any atom is 0.308 e. The van der Waals surface area contributed by atoms with E-state index < -0.39 is 35.6 Å². The summed E-state index contributed by atoms with van der Waals surface area (Å²) in [6, 6.07) is -0.578. The monoisotopic (exact) mass is 309 g/mol. The van der Waals surface area contributed by atoms with Crippen LogP contribution in [-0.2, 0) is 19.1 Å². The third-order valence-corrected chi connectivity index (χ3v) is 4.66. The number of amides is 1. The summed E-state index contributed by atoms with van der Waals surface area (Å²) in [6.07, 6.45) is 0.710. The van der Waals surface area contributed by atoms with Crippen molar-refractivity contribution in [2.45, 2.75) is 52.4 Å². The second-order valence-corrected chi connectivity index (χ2v) is 6.60. The number of ketones is 1. The third kappa shape index (κ3) is 2.35. The van der Waals surface area contributed by atoms with E-state index in [9.17, 15) is 19.5 Å². The van der Waals surface area contributed by atoms with Crippen molar-refractivity contribution in [3.8, 4) is 0 Å². The van der Waals surface area contributed by atoms with Crippen LogP contribution >= 0.6 is 0 Å². The van der Waals surface area contributed by atoms with Gasteiger partial charge in [-0.2, -0.15) is 0 Å². The lowest BCUT2D eigenvalue weighted by Gasteiger charge is -2.32. The van der Waals surface area contributed by atoms with E-state index in [0.717, 1.165) is 0 Å². The van der Waals surface area contributed by atoms with E-state index in [2.05, 4.69) is 5.32 Å². The number of aliphatic hydroxyl groups is 1. The molecular formula is C16H23NO5. The van der Waals surface area contributed by atoms with E-state index in [-0.39, 0.29) is 17.6 Å². The Hall–Kier alpha value is -1.69. The largest absolute Gasteiger partial charge is 0.457 e. The average Bonchev–Trinajstić information content (AvgIpc) is 2.80. The van der Waals surface area contributed by atoms with Crippen LogP contribution in [0.3, 0.4) is 0 Å². The predicted octanol–water partition coefficient (Wildman–Crippen LogP) is 0.585. The normalized spacial score (nSPS) is 39.0. The summed E-state index contributed by atoms with van der Waals surface area (Å²) >= 11 is 0. The zero-order chi connectivity index (χ0) is 16.8. The summed E-state index contributed by atoms with van der Waals surface area (Å²) in [5.41, 5.74) is -1.05. The first-order chi connectivity index (χ1) is 10.1. The Morgan fingerprint density at radius 1 is 1.41 bits per heavy atom. The second-order valence-electron chi connectivity index (χ2n) is 6.60. The van der Waals surface area contributed by atoms with Gasteiger partial charge in [0.05, 0.1) is 17.9 Å². The van der Waals surface area contributed by atoms with Crippen molar-refractivity contribution in [1.29, 1.82) is 0 Å². The number of esters is 1. The van der Waals surface area contributed by atoms with Gasteiger partial charge in [-0.3, -0.25) is 14.4 Å². The highest BCUT2D eigenvalue weighted by Crippen LogP contribution is 2.48. The zero-order valence-electron chi connectivity index (χ0n) is 13.5. The molecule has 2 fully saturated rings. The van der Waals surface area contributed by atoms with Gasteiger partial charge in [-0.25, -0.2) is 0 Å². The molecule has 2 N–H and O–H groups in total. The Labute approximate surface area is 129 Å². The molecule has 1 aliphatic heterocycles. The number of carbonyl (C=O) groups excluding carboxylic acids is 3. The molecule has 5 atom stereocenters. The lowest BCUT2D eigenvalue weighted by molar-refractivity contribution is -0.170. The first-order valence-electron chi connectivity index (χ1n) is 7.53. The molecule has 1 heterocycles. The van der Waals surface area contributed by atoms with Crippen LogP contribution in [0.25, 0.3) is 0 Å². The number of fused-ring (bicyclic) bond motifs is 1. The lowest BCUT2D eigenvalue weighted by Crippen LogP contribution is -2.51. The molecule has 1 amide bonds. The molecule has 2 rings (SSSR count). The summed E-state index contributed by atoms with van der Waals surface area (Å²) in [7, 11) is 0. The number of nitrogens with one attached hydrogen (secondary N) is 1. The zero-order valence-corrected chi connectivity index (χ0v) is 13.5. The lowest BCUT2D eigenvalue weighted by atomic mass is 9.80. The Bertz CT molecular complexity index is 549. The maximum absolute atomic E-state index is 12.1. The molecular weight excluding hydrogens is 286 g/mol. The molecule has 0 aromatic rings. The van der Waals surface area contributed by atoms with Crippen LogP contribution in [0, 0.1) is 17.8 Å². The van der Waals surface area contributed by atoms with Gasteiger partial charge < -0.3 is 15.2 Å². The highest BCUT2D eigenvalue weighted by atomic mass is 16.6. The highest BCUT2D eigenvalue weighted by molar-refractivity contribution is 5.99. The number of ether oxygens (including phenoxy) is 1. The highest BCUT2D eigenvalue weighted by Gasteiger charge is 2.65. The molecule has 1 aliphatic carbocycles. The first-order valence-corrected chi connectivity index (χ1v) is 7.53. The van der Waals surface area contributed by atoms with Crippen LogP contribution in [0.15, 0.2) is 11.6 Å². The van der Waals surface area contributed by atoms with E-state index in [1.54, 1.807) is 26.8 Å². The molecule has 0 radical (unpaired) electrons. The van der Waals surface area contributed by atoms with Gasteiger partial charge in [-0.15, -0.1) is 0 Å². The number of Topliss-reactive ketones (excluding diaryl/α,β-unsaturated/α-hetero) is 1. The van der Waals surface area contributed by atoms with E-state index >= 15 is 0 Å². The molecule has 1 saturated heterocycles. The minimum Gasteiger partial charge on any atom is -0.457 e. The van der Waals surface area contributed by atoms with Crippen LogP contribution in [-0.4, -0.2) is 40.5 Å². The van der Waals surface area contributed by atoms with E-state index in [0.29, 0.717) is 5.57 Å². The molecule has 122 valence electrons. The Morgan fingerprint density at radius 2 is 2.00 bits per heavy atom. The molecule has 0 bridgehead atoms. The molecule has 6 nitrogen and oxygen atoms in total. The summed E-state index contributed by atoms with van der Waals surface area (Å²) < 4.78 is 5.44. The van der Waals surface area contributed by atoms with Crippen LogP contribution in [0.2, 0.25) is 0 Å². The van der Waals surface area contributed by atoms with Gasteiger partial charge in [0.1, 0.15) is 11.4 Å². The van der Waals surface area contributed by atoms with Crippen molar-refractivity contribution in [2.75, 3.05) is 0 Å². The molecule has 1 saturated carbocycles. The fourth-order valence-corrected chi connectivity index (χ4v) is 3.67. The quantitative estimate of drug-likeness (QED) is 0.588. The number of hydrogen-bond donors (Lipinski definition) is 2. The van der Waals surface area contributed by atoms with Crippen LogP contribution < -0.4 is 5.32 Å². The third-order valence-electron chi connectivity index (χ3n) is 4.66. The minimum absolute atomic E-state index is 0.223. The van der Waals surface area contributed by atoms with Gasteiger partial charge in [-0.05, 0) is 20.8 Å². The van der Waals surface area contributed by atoms with Crippen molar-refractivity contribution in [2.24, 2.45) is 17.8 Å². The second kappa shape index (κ2) is 5.50. The maximum atomic E-state index is 12.1. The van der Waals surface area contributed by atoms with Gasteiger partial charge in [0.15, 0.2) is 6.10 Å². The molecule has 2 aliphatic rings. The van der Waals surface area contributed by atoms with Gasteiger partial charge in [0.25, 0.3) is 0 Å². The van der Waals surface area contributed by atoms with Crippen LogP contribution in [0.1, 0.15) is 34.6 Å².